The van der Waals surface area contributed by atoms with Crippen LogP contribution in [0.25, 0.3) is 54.9 Å². The van der Waals surface area contributed by atoms with Crippen LogP contribution in [0.1, 0.15) is 13.8 Å². The normalized spacial score (nSPS) is 12.3. The van der Waals surface area contributed by atoms with E-state index in [2.05, 4.69) is 414 Å². The monoisotopic (exact) mass is 1250 g/mol. The van der Waals surface area contributed by atoms with Crippen LogP contribution >= 0.6 is 0 Å². The van der Waals surface area contributed by atoms with Crippen molar-refractivity contribution in [1.29, 1.82) is 0 Å². The predicted molar refractivity (Wildman–Crippen MR) is 418 cm³/mol. The van der Waals surface area contributed by atoms with E-state index in [9.17, 15) is 0 Å². The van der Waals surface area contributed by atoms with Crippen molar-refractivity contribution in [2.24, 2.45) is 0 Å². The fraction of sp³-hybridized carbons (Fsp3) is 0.0217. The van der Waals surface area contributed by atoms with Gasteiger partial charge in [0.25, 0.3) is 6.71 Å². The Bertz CT molecular complexity index is 5360. The lowest BCUT2D eigenvalue weighted by molar-refractivity contribution is 1.17. The number of rotatable bonds is 15. The third kappa shape index (κ3) is 10.4. The molecule has 0 fully saturated rings. The zero-order valence-electron chi connectivity index (χ0n) is 54.6. The van der Waals surface area contributed by atoms with E-state index in [-0.39, 0.29) is 6.71 Å². The lowest BCUT2D eigenvalue weighted by Crippen LogP contribution is -2.61. The van der Waals surface area contributed by atoms with E-state index in [1.54, 1.807) is 0 Å². The van der Waals surface area contributed by atoms with Crippen LogP contribution in [0.4, 0.5) is 79.6 Å². The summed E-state index contributed by atoms with van der Waals surface area (Å²) in [4.78, 5) is 12.5. The highest BCUT2D eigenvalue weighted by molar-refractivity contribution is 7.00. The van der Waals surface area contributed by atoms with Crippen LogP contribution in [0.5, 0.6) is 0 Å². The summed E-state index contributed by atoms with van der Waals surface area (Å²) < 4.78 is 0. The summed E-state index contributed by atoms with van der Waals surface area (Å²) in [5.41, 5.74) is 26.6. The first-order valence-corrected chi connectivity index (χ1v) is 33.8. The van der Waals surface area contributed by atoms with E-state index in [4.69, 9.17) is 0 Å². The van der Waals surface area contributed by atoms with Gasteiger partial charge in [-0.1, -0.05) is 267 Å². The van der Waals surface area contributed by atoms with Gasteiger partial charge in [0, 0.05) is 84.5 Å². The molecule has 0 aromatic heterocycles. The molecule has 17 rings (SSSR count). The molecule has 2 aliphatic rings. The van der Waals surface area contributed by atoms with Crippen molar-refractivity contribution >= 4 is 124 Å². The number of nitrogens with zero attached hydrogens (tertiary/aromatic N) is 5. The average Bonchev–Trinajstić information content (AvgIpc) is 0.695. The summed E-state index contributed by atoms with van der Waals surface area (Å²) in [6.45, 7) is 4.05. The molecule has 0 unspecified atom stereocenters. The van der Waals surface area contributed by atoms with Crippen molar-refractivity contribution in [3.63, 3.8) is 0 Å². The summed E-state index contributed by atoms with van der Waals surface area (Å²) in [6.07, 6.45) is 6.46. The third-order valence-electron chi connectivity index (χ3n) is 19.4. The van der Waals surface area contributed by atoms with Gasteiger partial charge in [0.05, 0.1) is 22.7 Å². The van der Waals surface area contributed by atoms with E-state index >= 15 is 0 Å². The molecule has 0 radical (unpaired) electrons. The minimum Gasteiger partial charge on any atom is -0.313 e. The van der Waals surface area contributed by atoms with Crippen LogP contribution in [0.15, 0.2) is 382 Å². The average molecular weight is 1250 g/mol. The van der Waals surface area contributed by atoms with Gasteiger partial charge in [0.1, 0.15) is 0 Å². The molecule has 0 aliphatic carbocycles. The van der Waals surface area contributed by atoms with Crippen LogP contribution in [0, 0.1) is 0 Å². The number of hydrogen-bond acceptors (Lipinski definition) is 5. The van der Waals surface area contributed by atoms with Crippen molar-refractivity contribution in [2.45, 2.75) is 13.8 Å². The Balaban J connectivity index is 1.01. The van der Waals surface area contributed by atoms with Gasteiger partial charge >= 0.3 is 0 Å². The molecule has 0 saturated carbocycles. The Labute approximate surface area is 574 Å². The van der Waals surface area contributed by atoms with Gasteiger partial charge < -0.3 is 24.5 Å². The van der Waals surface area contributed by atoms with Gasteiger partial charge in [-0.2, -0.15) is 0 Å². The smallest absolute Gasteiger partial charge is 0.252 e. The van der Waals surface area contributed by atoms with Crippen LogP contribution in [0.3, 0.4) is 0 Å². The number of benzene rings is 15. The van der Waals surface area contributed by atoms with Gasteiger partial charge in [-0.15, -0.1) is 0 Å². The second-order valence-electron chi connectivity index (χ2n) is 25.1. The molecule has 0 atom stereocenters. The zero-order chi connectivity index (χ0) is 65.5. The SMILES string of the molecule is C/C=C\C=C(/C)N(c1ccccc1)c1c2ccccc2c(-c2ccc3c(c2)N(c2ccccc2-c2ccccc2)c2cc(N(c4ccccc4)c4ccccc4)cc4c2B3c2ccc(N(c3ccccc3)c3ccccc3)cc2N4c2ccccc2-c2ccccc2)c2ccccc12. The topological polar surface area (TPSA) is 16.2 Å². The third-order valence-corrected chi connectivity index (χ3v) is 19.4. The van der Waals surface area contributed by atoms with E-state index in [0.717, 1.165) is 124 Å². The lowest BCUT2D eigenvalue weighted by Gasteiger charge is -2.46. The number of para-hydroxylation sites is 7. The molecular weight excluding hydrogens is 1190 g/mol. The van der Waals surface area contributed by atoms with E-state index in [1.807, 2.05) is 0 Å². The molecule has 0 N–H and O–H groups in total. The molecule has 0 saturated heterocycles. The largest absolute Gasteiger partial charge is 0.313 e. The first-order chi connectivity index (χ1) is 48.6. The maximum atomic E-state index is 2.62. The minimum atomic E-state index is -0.242. The quantitative estimate of drug-likeness (QED) is 0.0576. The Kier molecular flexibility index (Phi) is 15.4. The number of allylic oxidation sites excluding steroid dienone is 4. The summed E-state index contributed by atoms with van der Waals surface area (Å²) in [6, 6.07) is 132. The highest BCUT2D eigenvalue weighted by Gasteiger charge is 2.45. The van der Waals surface area contributed by atoms with Crippen LogP contribution in [-0.4, -0.2) is 6.71 Å². The van der Waals surface area contributed by atoms with Gasteiger partial charge in [-0.05, 0) is 172 Å². The predicted octanol–water partition coefficient (Wildman–Crippen LogP) is 23.6. The first kappa shape index (κ1) is 59.1. The van der Waals surface area contributed by atoms with E-state index in [1.165, 1.54) is 32.7 Å². The standard InChI is InChI=1S/C92H68BN5/c1-3-4-34-65(2)94(69-39-16-7-17-40-69)92-80-53-28-26-51-78(80)90(79-52-27-29-54-81(79)92)68-57-59-82-86(61-68)97(84-55-32-30-49-76(84)66-35-12-5-13-36-66)88-63-75(96(72-45-22-10-23-46-72)73-47-24-11-25-48-73)64-89-91(88)93(82)83-60-58-74(95(70-41-18-8-19-42-70)71-43-20-9-21-44-71)62-87(83)98(89)85-56-33-31-50-77(85)67-37-14-6-15-38-67/h3-64H,1-2H3/b4-3-,65-34+. The van der Waals surface area contributed by atoms with Crippen molar-refractivity contribution in [3.05, 3.63) is 382 Å². The summed E-state index contributed by atoms with van der Waals surface area (Å²) in [5, 5.41) is 4.67. The van der Waals surface area contributed by atoms with Gasteiger partial charge in [0.2, 0.25) is 0 Å². The second-order valence-corrected chi connectivity index (χ2v) is 25.1. The molecule has 15 aromatic carbocycles. The number of fused-ring (bicyclic) bond motifs is 6. The summed E-state index contributed by atoms with van der Waals surface area (Å²) in [7, 11) is 0. The number of anilines is 14. The Morgan fingerprint density at radius 1 is 0.306 bits per heavy atom. The number of hydrogen-bond donors (Lipinski definition) is 0. The molecule has 2 aliphatic heterocycles. The maximum Gasteiger partial charge on any atom is 0.252 e. The molecule has 2 heterocycles. The van der Waals surface area contributed by atoms with Crippen molar-refractivity contribution in [2.75, 3.05) is 24.5 Å². The summed E-state index contributed by atoms with van der Waals surface area (Å²) in [5.74, 6) is 0. The summed E-state index contributed by atoms with van der Waals surface area (Å²) >= 11 is 0. The Hall–Kier alpha value is -12.6. The Morgan fingerprint density at radius 3 is 1.13 bits per heavy atom. The minimum absolute atomic E-state index is 0.242. The second kappa shape index (κ2) is 25.6. The molecule has 15 aromatic rings. The van der Waals surface area contributed by atoms with Gasteiger partial charge in [-0.25, -0.2) is 0 Å². The molecule has 464 valence electrons. The highest BCUT2D eigenvalue weighted by Crippen LogP contribution is 2.54. The van der Waals surface area contributed by atoms with E-state index in [0.29, 0.717) is 0 Å². The van der Waals surface area contributed by atoms with Gasteiger partial charge in [-0.3, -0.25) is 0 Å². The fourth-order valence-corrected chi connectivity index (χ4v) is 15.2. The van der Waals surface area contributed by atoms with Gasteiger partial charge in [0.15, 0.2) is 0 Å². The Morgan fingerprint density at radius 2 is 0.673 bits per heavy atom. The van der Waals surface area contributed by atoms with Crippen molar-refractivity contribution in [1.82, 2.24) is 0 Å². The maximum absolute atomic E-state index is 2.62. The molecule has 0 spiro atoms. The lowest BCUT2D eigenvalue weighted by atomic mass is 9.33. The molecule has 5 nitrogen and oxygen atoms in total. The molecule has 0 amide bonds. The van der Waals surface area contributed by atoms with E-state index < -0.39 is 0 Å². The first-order valence-electron chi connectivity index (χ1n) is 33.8. The highest BCUT2D eigenvalue weighted by atomic mass is 15.2. The molecule has 6 heteroatoms. The van der Waals surface area contributed by atoms with Crippen LogP contribution < -0.4 is 40.9 Å². The molecular formula is C92H68BN5. The zero-order valence-corrected chi connectivity index (χ0v) is 54.6. The van der Waals surface area contributed by atoms with Crippen molar-refractivity contribution in [3.8, 4) is 33.4 Å². The van der Waals surface area contributed by atoms with Crippen LogP contribution in [-0.2, 0) is 0 Å². The van der Waals surface area contributed by atoms with Crippen LogP contribution in [0.2, 0.25) is 0 Å². The van der Waals surface area contributed by atoms with Crippen molar-refractivity contribution < 1.29 is 0 Å². The molecule has 98 heavy (non-hydrogen) atoms. The molecule has 0 bridgehead atoms. The fourth-order valence-electron chi connectivity index (χ4n) is 15.2.